The Morgan fingerprint density at radius 1 is 1.29 bits per heavy atom. The number of hydrogen-bond donors (Lipinski definition) is 4. The lowest BCUT2D eigenvalue weighted by molar-refractivity contribution is -0.116. The minimum Gasteiger partial charge on any atom is -0.397 e. The first-order valence-corrected chi connectivity index (χ1v) is 7.69. The van der Waals surface area contributed by atoms with E-state index >= 15 is 0 Å². The zero-order chi connectivity index (χ0) is 14.9. The number of carbonyl (C=O) groups excluding carboxylic acids is 1. The van der Waals surface area contributed by atoms with Crippen molar-refractivity contribution in [3.05, 3.63) is 17.7 Å². The number of carbonyl (C=O) groups is 1. The molecule has 1 amide bonds. The van der Waals surface area contributed by atoms with E-state index in [0.717, 1.165) is 42.7 Å². The summed E-state index contributed by atoms with van der Waals surface area (Å²) in [6.45, 7) is 0.933. The maximum Gasteiger partial charge on any atom is 0.224 e. The zero-order valence-corrected chi connectivity index (χ0v) is 12.2. The van der Waals surface area contributed by atoms with Crippen LogP contribution in [0.3, 0.4) is 0 Å². The number of nitrogens with one attached hydrogen (secondary N) is 2. The van der Waals surface area contributed by atoms with Crippen molar-refractivity contribution in [2.24, 2.45) is 5.41 Å². The molecule has 1 fully saturated rings. The van der Waals surface area contributed by atoms with E-state index in [4.69, 9.17) is 5.73 Å². The SMILES string of the molecule is Nc1cc2c(cc1NCC1(CO)CCCC1)NC(=O)CC2. The van der Waals surface area contributed by atoms with Crippen molar-refractivity contribution in [1.29, 1.82) is 0 Å². The maximum atomic E-state index is 11.5. The number of amides is 1. The molecule has 1 aromatic rings. The number of benzene rings is 1. The van der Waals surface area contributed by atoms with E-state index in [1.54, 1.807) is 0 Å². The fourth-order valence-electron chi connectivity index (χ4n) is 3.40. The van der Waals surface area contributed by atoms with Gasteiger partial charge < -0.3 is 21.5 Å². The number of fused-ring (bicyclic) bond motifs is 1. The van der Waals surface area contributed by atoms with Crippen LogP contribution in [-0.2, 0) is 11.2 Å². The minimum atomic E-state index is -0.0222. The van der Waals surface area contributed by atoms with Crippen LogP contribution in [0.1, 0.15) is 37.7 Å². The Morgan fingerprint density at radius 2 is 2.05 bits per heavy atom. The average molecular weight is 289 g/mol. The topological polar surface area (TPSA) is 87.4 Å². The van der Waals surface area contributed by atoms with Crippen molar-refractivity contribution in [3.8, 4) is 0 Å². The highest BCUT2D eigenvalue weighted by Gasteiger charge is 2.33. The molecule has 5 heteroatoms. The van der Waals surface area contributed by atoms with Gasteiger partial charge in [-0.1, -0.05) is 12.8 Å². The molecule has 5 nitrogen and oxygen atoms in total. The van der Waals surface area contributed by atoms with Crippen LogP contribution in [0.5, 0.6) is 0 Å². The largest absolute Gasteiger partial charge is 0.397 e. The van der Waals surface area contributed by atoms with Gasteiger partial charge in [0.05, 0.1) is 18.0 Å². The van der Waals surface area contributed by atoms with Gasteiger partial charge in [-0.25, -0.2) is 0 Å². The van der Waals surface area contributed by atoms with E-state index in [2.05, 4.69) is 10.6 Å². The second-order valence-corrected chi connectivity index (χ2v) is 6.36. The molecular formula is C16H23N3O2. The first kappa shape index (κ1) is 14.2. The summed E-state index contributed by atoms with van der Waals surface area (Å²) in [6, 6.07) is 3.86. The van der Waals surface area contributed by atoms with Crippen molar-refractivity contribution in [3.63, 3.8) is 0 Å². The predicted molar refractivity (Wildman–Crippen MR) is 84.3 cm³/mol. The number of aliphatic hydroxyl groups is 1. The molecule has 0 bridgehead atoms. The lowest BCUT2D eigenvalue weighted by atomic mass is 9.87. The summed E-state index contributed by atoms with van der Waals surface area (Å²) in [5, 5.41) is 15.9. The van der Waals surface area contributed by atoms with Gasteiger partial charge in [-0.15, -0.1) is 0 Å². The van der Waals surface area contributed by atoms with Crippen molar-refractivity contribution in [1.82, 2.24) is 0 Å². The number of nitrogen functional groups attached to an aromatic ring is 1. The Kier molecular flexibility index (Phi) is 3.76. The third-order valence-electron chi connectivity index (χ3n) is 4.82. The van der Waals surface area contributed by atoms with E-state index in [1.165, 1.54) is 12.8 Å². The number of rotatable bonds is 4. The molecule has 5 N–H and O–H groups in total. The number of hydrogen-bond acceptors (Lipinski definition) is 4. The fourth-order valence-corrected chi connectivity index (χ4v) is 3.40. The van der Waals surface area contributed by atoms with Crippen LogP contribution < -0.4 is 16.4 Å². The molecule has 0 spiro atoms. The molecule has 3 rings (SSSR count). The highest BCUT2D eigenvalue weighted by molar-refractivity contribution is 5.95. The van der Waals surface area contributed by atoms with E-state index in [1.807, 2.05) is 12.1 Å². The number of aryl methyl sites for hydroxylation is 1. The van der Waals surface area contributed by atoms with Crippen molar-refractivity contribution < 1.29 is 9.90 Å². The van der Waals surface area contributed by atoms with E-state index < -0.39 is 0 Å². The van der Waals surface area contributed by atoms with Crippen LogP contribution in [0.25, 0.3) is 0 Å². The molecule has 1 heterocycles. The first-order chi connectivity index (χ1) is 10.1. The molecule has 114 valence electrons. The quantitative estimate of drug-likeness (QED) is 0.639. The molecule has 0 saturated heterocycles. The number of aliphatic hydroxyl groups excluding tert-OH is 1. The van der Waals surface area contributed by atoms with Gasteiger partial charge in [-0.2, -0.15) is 0 Å². The van der Waals surface area contributed by atoms with Crippen molar-refractivity contribution in [2.75, 3.05) is 29.5 Å². The minimum absolute atomic E-state index is 0.0222. The molecule has 1 aromatic carbocycles. The summed E-state index contributed by atoms with van der Waals surface area (Å²) in [4.78, 5) is 11.5. The van der Waals surface area contributed by atoms with Gasteiger partial charge in [0.2, 0.25) is 5.91 Å². The van der Waals surface area contributed by atoms with Crippen LogP contribution >= 0.6 is 0 Å². The Hall–Kier alpha value is -1.75. The van der Waals surface area contributed by atoms with Crippen molar-refractivity contribution in [2.45, 2.75) is 38.5 Å². The van der Waals surface area contributed by atoms with Crippen LogP contribution in [0.2, 0.25) is 0 Å². The van der Waals surface area contributed by atoms with E-state index in [-0.39, 0.29) is 17.9 Å². The molecule has 1 aliphatic heterocycles. The number of anilines is 3. The summed E-state index contributed by atoms with van der Waals surface area (Å²) in [6.07, 6.45) is 5.73. The monoisotopic (exact) mass is 289 g/mol. The predicted octanol–water partition coefficient (Wildman–Crippen LogP) is 2.12. The van der Waals surface area contributed by atoms with E-state index in [0.29, 0.717) is 12.1 Å². The molecule has 2 aliphatic rings. The summed E-state index contributed by atoms with van der Waals surface area (Å²) < 4.78 is 0. The molecular weight excluding hydrogens is 266 g/mol. The standard InChI is InChI=1S/C16H23N3O2/c17-12-7-11-3-4-15(21)19-13(11)8-14(12)18-9-16(10-20)5-1-2-6-16/h7-8,18,20H,1-6,9-10,17H2,(H,19,21). The first-order valence-electron chi connectivity index (χ1n) is 7.69. The average Bonchev–Trinajstić information content (AvgIpc) is 2.95. The Labute approximate surface area is 124 Å². The Morgan fingerprint density at radius 3 is 2.76 bits per heavy atom. The normalized spacial score (nSPS) is 20.0. The molecule has 0 aromatic heterocycles. The van der Waals surface area contributed by atoms with Gasteiger partial charge in [-0.3, -0.25) is 4.79 Å². The Bertz CT molecular complexity index is 551. The van der Waals surface area contributed by atoms with Crippen LogP contribution in [0, 0.1) is 5.41 Å². The van der Waals surface area contributed by atoms with Crippen LogP contribution in [-0.4, -0.2) is 24.2 Å². The van der Waals surface area contributed by atoms with Crippen molar-refractivity contribution >= 4 is 23.0 Å². The lowest BCUT2D eigenvalue weighted by Crippen LogP contribution is -2.30. The van der Waals surface area contributed by atoms with Gasteiger partial charge in [-0.05, 0) is 37.0 Å². The number of nitrogens with two attached hydrogens (primary N) is 1. The smallest absolute Gasteiger partial charge is 0.224 e. The molecule has 21 heavy (non-hydrogen) atoms. The molecule has 0 radical (unpaired) electrons. The third kappa shape index (κ3) is 2.83. The molecule has 0 unspecified atom stereocenters. The van der Waals surface area contributed by atoms with E-state index in [9.17, 15) is 9.90 Å². The highest BCUT2D eigenvalue weighted by Crippen LogP contribution is 2.39. The summed E-state index contributed by atoms with van der Waals surface area (Å²) in [5.41, 5.74) is 9.58. The van der Waals surface area contributed by atoms with Gasteiger partial charge in [0, 0.05) is 24.1 Å². The summed E-state index contributed by atoms with van der Waals surface area (Å²) >= 11 is 0. The third-order valence-corrected chi connectivity index (χ3v) is 4.82. The second-order valence-electron chi connectivity index (χ2n) is 6.36. The second kappa shape index (κ2) is 5.56. The highest BCUT2D eigenvalue weighted by atomic mass is 16.3. The molecule has 0 atom stereocenters. The molecule has 1 saturated carbocycles. The van der Waals surface area contributed by atoms with Gasteiger partial charge in [0.1, 0.15) is 0 Å². The molecule has 1 aliphatic carbocycles. The Balaban J connectivity index is 1.76. The summed E-state index contributed by atoms with van der Waals surface area (Å²) in [7, 11) is 0. The van der Waals surface area contributed by atoms with Crippen LogP contribution in [0.4, 0.5) is 17.1 Å². The lowest BCUT2D eigenvalue weighted by Gasteiger charge is -2.28. The fraction of sp³-hybridized carbons (Fsp3) is 0.562. The summed E-state index contributed by atoms with van der Waals surface area (Å²) in [5.74, 6) is 0.0563. The van der Waals surface area contributed by atoms with Gasteiger partial charge >= 0.3 is 0 Å². The van der Waals surface area contributed by atoms with Crippen LogP contribution in [0.15, 0.2) is 12.1 Å². The van der Waals surface area contributed by atoms with Gasteiger partial charge in [0.25, 0.3) is 0 Å². The maximum absolute atomic E-state index is 11.5. The van der Waals surface area contributed by atoms with Gasteiger partial charge in [0.15, 0.2) is 0 Å². The zero-order valence-electron chi connectivity index (χ0n) is 12.2.